The summed E-state index contributed by atoms with van der Waals surface area (Å²) in [6.45, 7) is 0. The Balaban J connectivity index is 1.53. The van der Waals surface area contributed by atoms with Gasteiger partial charge >= 0.3 is 0 Å². The van der Waals surface area contributed by atoms with Crippen LogP contribution in [-0.2, 0) is 0 Å². The molecule has 1 aromatic carbocycles. The van der Waals surface area contributed by atoms with Gasteiger partial charge in [0.25, 0.3) is 5.91 Å². The average molecular weight is 293 g/mol. The topological polar surface area (TPSA) is 82.7 Å². The summed E-state index contributed by atoms with van der Waals surface area (Å²) in [5, 5.41) is 14.0. The highest BCUT2D eigenvalue weighted by atomic mass is 16.1. The lowest BCUT2D eigenvalue weighted by Crippen LogP contribution is -2.13. The largest absolute Gasteiger partial charge is 0.367 e. The molecule has 3 aromatic rings. The second-order valence-electron chi connectivity index (χ2n) is 5.47. The van der Waals surface area contributed by atoms with Gasteiger partial charge in [0.1, 0.15) is 5.82 Å². The van der Waals surface area contributed by atoms with Crippen molar-refractivity contribution < 1.29 is 4.79 Å². The van der Waals surface area contributed by atoms with Crippen molar-refractivity contribution in [3.63, 3.8) is 0 Å². The number of amides is 1. The van der Waals surface area contributed by atoms with Gasteiger partial charge < -0.3 is 10.6 Å². The van der Waals surface area contributed by atoms with Crippen LogP contribution in [-0.4, -0.2) is 27.1 Å². The van der Waals surface area contributed by atoms with E-state index in [9.17, 15) is 4.79 Å². The van der Waals surface area contributed by atoms with Crippen molar-refractivity contribution in [2.24, 2.45) is 0 Å². The van der Waals surface area contributed by atoms with E-state index < -0.39 is 0 Å². The molecule has 4 rings (SSSR count). The van der Waals surface area contributed by atoms with Gasteiger partial charge in [-0.1, -0.05) is 0 Å². The van der Waals surface area contributed by atoms with Crippen molar-refractivity contribution in [1.29, 1.82) is 0 Å². The van der Waals surface area contributed by atoms with Crippen LogP contribution in [0.5, 0.6) is 0 Å². The second kappa shape index (κ2) is 5.14. The summed E-state index contributed by atoms with van der Waals surface area (Å²) in [6, 6.07) is 9.64. The Hall–Kier alpha value is -2.89. The number of H-pyrrole nitrogens is 1. The summed E-state index contributed by atoms with van der Waals surface area (Å²) in [4.78, 5) is 16.6. The number of hydrogen-bond acceptors (Lipinski definition) is 4. The summed E-state index contributed by atoms with van der Waals surface area (Å²) < 4.78 is 0. The highest BCUT2D eigenvalue weighted by molar-refractivity contribution is 6.05. The molecule has 1 aliphatic carbocycles. The van der Waals surface area contributed by atoms with Crippen molar-refractivity contribution >= 4 is 28.3 Å². The van der Waals surface area contributed by atoms with Crippen LogP contribution in [0.3, 0.4) is 0 Å². The van der Waals surface area contributed by atoms with E-state index in [1.807, 2.05) is 18.2 Å². The molecule has 0 atom stereocenters. The monoisotopic (exact) mass is 293 g/mol. The Kier molecular flexibility index (Phi) is 3.00. The van der Waals surface area contributed by atoms with E-state index in [-0.39, 0.29) is 5.91 Å². The molecule has 1 saturated carbocycles. The first-order valence-corrected chi connectivity index (χ1v) is 7.25. The van der Waals surface area contributed by atoms with Crippen molar-refractivity contribution in [3.8, 4) is 0 Å². The number of pyridine rings is 1. The Labute approximate surface area is 127 Å². The van der Waals surface area contributed by atoms with E-state index in [1.54, 1.807) is 24.5 Å². The van der Waals surface area contributed by atoms with Gasteiger partial charge in [-0.3, -0.25) is 9.89 Å². The van der Waals surface area contributed by atoms with Crippen molar-refractivity contribution in [2.75, 3.05) is 10.6 Å². The minimum absolute atomic E-state index is 0.149. The molecule has 22 heavy (non-hydrogen) atoms. The zero-order chi connectivity index (χ0) is 14.9. The number of carbonyl (C=O) groups is 1. The number of nitrogens with one attached hydrogen (secondary N) is 3. The molecule has 0 unspecified atom stereocenters. The van der Waals surface area contributed by atoms with Crippen LogP contribution < -0.4 is 10.6 Å². The number of aromatic nitrogens is 3. The van der Waals surface area contributed by atoms with Gasteiger partial charge in [0.05, 0.1) is 11.7 Å². The normalized spacial score (nSPS) is 14.0. The third-order valence-corrected chi connectivity index (χ3v) is 3.65. The first-order valence-electron chi connectivity index (χ1n) is 7.25. The number of anilines is 2. The molecular weight excluding hydrogens is 278 g/mol. The number of benzene rings is 1. The number of fused-ring (bicyclic) bond motifs is 1. The first kappa shape index (κ1) is 12.8. The molecule has 6 heteroatoms. The SMILES string of the molecule is O=C(Nc1ccc2[nH]ncc2c1)c1ccnc(NC2CC2)c1. The van der Waals surface area contributed by atoms with Gasteiger partial charge in [-0.2, -0.15) is 5.10 Å². The molecule has 110 valence electrons. The highest BCUT2D eigenvalue weighted by Gasteiger charge is 2.21. The highest BCUT2D eigenvalue weighted by Crippen LogP contribution is 2.24. The molecule has 1 amide bonds. The molecule has 2 aromatic heterocycles. The fourth-order valence-electron chi connectivity index (χ4n) is 2.31. The summed E-state index contributed by atoms with van der Waals surface area (Å²) in [5.74, 6) is 0.601. The van der Waals surface area contributed by atoms with Gasteiger partial charge in [-0.25, -0.2) is 4.98 Å². The third-order valence-electron chi connectivity index (χ3n) is 3.65. The molecule has 0 aliphatic heterocycles. The van der Waals surface area contributed by atoms with Gasteiger partial charge in [-0.05, 0) is 43.2 Å². The first-order chi connectivity index (χ1) is 10.8. The predicted molar refractivity (Wildman–Crippen MR) is 84.9 cm³/mol. The van der Waals surface area contributed by atoms with Crippen LogP contribution >= 0.6 is 0 Å². The van der Waals surface area contributed by atoms with E-state index in [1.165, 1.54) is 12.8 Å². The molecule has 2 heterocycles. The Bertz CT molecular complexity index is 837. The fraction of sp³-hybridized carbons (Fsp3) is 0.188. The molecule has 1 fully saturated rings. The van der Waals surface area contributed by atoms with Crippen LogP contribution in [0.25, 0.3) is 10.9 Å². The molecule has 6 nitrogen and oxygen atoms in total. The van der Waals surface area contributed by atoms with Crippen LogP contribution in [0.2, 0.25) is 0 Å². The molecule has 0 bridgehead atoms. The lowest BCUT2D eigenvalue weighted by atomic mass is 10.2. The number of rotatable bonds is 4. The van der Waals surface area contributed by atoms with E-state index in [2.05, 4.69) is 25.8 Å². The van der Waals surface area contributed by atoms with Crippen molar-refractivity contribution in [2.45, 2.75) is 18.9 Å². The maximum Gasteiger partial charge on any atom is 0.255 e. The minimum Gasteiger partial charge on any atom is -0.367 e. The lowest BCUT2D eigenvalue weighted by molar-refractivity contribution is 0.102. The fourth-order valence-corrected chi connectivity index (χ4v) is 2.31. The van der Waals surface area contributed by atoms with Gasteiger partial charge in [0.2, 0.25) is 0 Å². The van der Waals surface area contributed by atoms with Crippen LogP contribution in [0.1, 0.15) is 23.2 Å². The second-order valence-corrected chi connectivity index (χ2v) is 5.47. The minimum atomic E-state index is -0.149. The summed E-state index contributed by atoms with van der Waals surface area (Å²) >= 11 is 0. The number of carbonyl (C=O) groups excluding carboxylic acids is 1. The predicted octanol–water partition coefficient (Wildman–Crippen LogP) is 2.78. The standard InChI is InChI=1S/C16H15N5O/c22-16(10-5-6-17-15(8-10)19-12-1-2-12)20-13-3-4-14-11(7-13)9-18-21-14/h3-9,12H,1-2H2,(H,17,19)(H,18,21)(H,20,22). The Morgan fingerprint density at radius 1 is 1.23 bits per heavy atom. The Morgan fingerprint density at radius 3 is 3.00 bits per heavy atom. The quantitative estimate of drug-likeness (QED) is 0.690. The molecule has 0 radical (unpaired) electrons. The number of aromatic amines is 1. The molecule has 0 spiro atoms. The zero-order valence-electron chi connectivity index (χ0n) is 11.8. The lowest BCUT2D eigenvalue weighted by Gasteiger charge is -2.07. The third kappa shape index (κ3) is 2.63. The van der Waals surface area contributed by atoms with E-state index in [0.29, 0.717) is 11.6 Å². The van der Waals surface area contributed by atoms with Crippen molar-refractivity contribution in [3.05, 3.63) is 48.3 Å². The number of hydrogen-bond donors (Lipinski definition) is 3. The van der Waals surface area contributed by atoms with Gasteiger partial charge in [0, 0.05) is 28.9 Å². The maximum absolute atomic E-state index is 12.4. The number of nitrogens with zero attached hydrogens (tertiary/aromatic N) is 2. The van der Waals surface area contributed by atoms with Crippen LogP contribution in [0.4, 0.5) is 11.5 Å². The van der Waals surface area contributed by atoms with Crippen LogP contribution in [0, 0.1) is 0 Å². The van der Waals surface area contributed by atoms with E-state index in [0.717, 1.165) is 22.4 Å². The molecule has 0 saturated heterocycles. The van der Waals surface area contributed by atoms with Gasteiger partial charge in [-0.15, -0.1) is 0 Å². The molecule has 3 N–H and O–H groups in total. The Morgan fingerprint density at radius 2 is 2.14 bits per heavy atom. The van der Waals surface area contributed by atoms with Crippen molar-refractivity contribution in [1.82, 2.24) is 15.2 Å². The van der Waals surface area contributed by atoms with E-state index in [4.69, 9.17) is 0 Å². The van der Waals surface area contributed by atoms with Crippen LogP contribution in [0.15, 0.2) is 42.7 Å². The summed E-state index contributed by atoms with van der Waals surface area (Å²) in [5.41, 5.74) is 2.27. The van der Waals surface area contributed by atoms with E-state index >= 15 is 0 Å². The molecule has 1 aliphatic rings. The maximum atomic E-state index is 12.4. The zero-order valence-corrected chi connectivity index (χ0v) is 11.8. The summed E-state index contributed by atoms with van der Waals surface area (Å²) in [6.07, 6.45) is 5.72. The average Bonchev–Trinajstić information content (AvgIpc) is 3.22. The smallest absolute Gasteiger partial charge is 0.255 e. The summed E-state index contributed by atoms with van der Waals surface area (Å²) in [7, 11) is 0. The van der Waals surface area contributed by atoms with Gasteiger partial charge in [0.15, 0.2) is 0 Å². The molecular formula is C16H15N5O.